The molecule has 16 heavy (non-hydrogen) atoms. The van der Waals surface area contributed by atoms with Gasteiger partial charge in [0.2, 0.25) is 0 Å². The van der Waals surface area contributed by atoms with Gasteiger partial charge >= 0.3 is 0 Å². The van der Waals surface area contributed by atoms with Gasteiger partial charge in [0.1, 0.15) is 0 Å². The molecule has 0 unspecified atom stereocenters. The summed E-state index contributed by atoms with van der Waals surface area (Å²) in [6.45, 7) is 12.5. The van der Waals surface area contributed by atoms with E-state index in [1.165, 1.54) is 22.3 Å². The fourth-order valence-corrected chi connectivity index (χ4v) is 1.83. The molecule has 0 atom stereocenters. The largest absolute Gasteiger partial charge is 0.0911 e. The molecule has 0 heterocycles. The van der Waals surface area contributed by atoms with Crippen LogP contribution in [0.3, 0.4) is 0 Å². The molecule has 0 aromatic heterocycles. The molecule has 0 amide bonds. The molecule has 0 nitrogen and oxygen atoms in total. The lowest BCUT2D eigenvalue weighted by Gasteiger charge is -2.05. The Bertz CT molecular complexity index is 425. The third kappa shape index (κ3) is 3.54. The second-order valence-electron chi connectivity index (χ2n) is 4.29. The van der Waals surface area contributed by atoms with E-state index in [2.05, 4.69) is 57.7 Å². The zero-order valence-electron chi connectivity index (χ0n) is 10.7. The highest BCUT2D eigenvalue weighted by Gasteiger charge is 1.98. The molecule has 1 rings (SSSR count). The van der Waals surface area contributed by atoms with Gasteiger partial charge in [0.25, 0.3) is 0 Å². The number of hydrogen-bond acceptors (Lipinski definition) is 0. The van der Waals surface area contributed by atoms with Crippen molar-refractivity contribution >= 4 is 5.57 Å². The minimum Gasteiger partial charge on any atom is -0.0911 e. The van der Waals surface area contributed by atoms with E-state index in [9.17, 15) is 0 Å². The van der Waals surface area contributed by atoms with Crippen molar-refractivity contribution < 1.29 is 0 Å². The predicted molar refractivity (Wildman–Crippen MR) is 73.5 cm³/mol. The van der Waals surface area contributed by atoms with E-state index < -0.39 is 0 Å². The summed E-state index contributed by atoms with van der Waals surface area (Å²) in [6, 6.07) is 6.53. The molecule has 0 fully saturated rings. The third-order valence-electron chi connectivity index (χ3n) is 2.42. The molecule has 0 saturated carbocycles. The van der Waals surface area contributed by atoms with Crippen LogP contribution in [0, 0.1) is 13.8 Å². The van der Waals surface area contributed by atoms with E-state index in [4.69, 9.17) is 0 Å². The van der Waals surface area contributed by atoms with E-state index in [0.29, 0.717) is 0 Å². The summed E-state index contributed by atoms with van der Waals surface area (Å²) in [7, 11) is 0. The topological polar surface area (TPSA) is 0 Å². The number of aryl methyl sites for hydroxylation is 2. The Hall–Kier alpha value is -1.56. The monoisotopic (exact) mass is 212 g/mol. The fourth-order valence-electron chi connectivity index (χ4n) is 1.83. The lowest BCUT2D eigenvalue weighted by Crippen LogP contribution is -1.85. The number of benzene rings is 1. The molecule has 1 aromatic carbocycles. The Morgan fingerprint density at radius 1 is 1.12 bits per heavy atom. The van der Waals surface area contributed by atoms with Crippen molar-refractivity contribution in [1.29, 1.82) is 0 Å². The van der Waals surface area contributed by atoms with Crippen molar-refractivity contribution in [2.45, 2.75) is 27.7 Å². The standard InChI is InChI=1S/C16H20/c1-6-7-12(2)9-15(5)16-10-13(3)8-14(4)11-16/h6-11H,5H2,1-4H3/b7-6-,12-9-. The number of rotatable bonds is 3. The average molecular weight is 212 g/mol. The molecule has 0 saturated heterocycles. The zero-order chi connectivity index (χ0) is 12.1. The molecule has 0 bridgehead atoms. The van der Waals surface area contributed by atoms with Gasteiger partial charge in [-0.05, 0) is 38.8 Å². The van der Waals surface area contributed by atoms with Gasteiger partial charge in [-0.3, -0.25) is 0 Å². The van der Waals surface area contributed by atoms with E-state index >= 15 is 0 Å². The first-order valence-corrected chi connectivity index (χ1v) is 5.61. The first kappa shape index (κ1) is 12.5. The molecule has 0 spiro atoms. The normalized spacial score (nSPS) is 12.1. The van der Waals surface area contributed by atoms with Gasteiger partial charge in [-0.1, -0.05) is 59.7 Å². The first-order chi connectivity index (χ1) is 7.52. The summed E-state index contributed by atoms with van der Waals surface area (Å²) >= 11 is 0. The Labute approximate surface area is 99.0 Å². The van der Waals surface area contributed by atoms with Crippen LogP contribution in [-0.2, 0) is 0 Å². The van der Waals surface area contributed by atoms with E-state index in [1.807, 2.05) is 13.0 Å². The second kappa shape index (κ2) is 5.50. The van der Waals surface area contributed by atoms with Crippen LogP contribution in [0.1, 0.15) is 30.5 Å². The summed E-state index contributed by atoms with van der Waals surface area (Å²) in [5, 5.41) is 0. The smallest absolute Gasteiger partial charge is 0.0185 e. The molecule has 0 heteroatoms. The summed E-state index contributed by atoms with van der Waals surface area (Å²) < 4.78 is 0. The number of allylic oxidation sites excluding steroid dienone is 5. The Kier molecular flexibility index (Phi) is 4.30. The quantitative estimate of drug-likeness (QED) is 0.629. The van der Waals surface area contributed by atoms with Crippen LogP contribution in [0.5, 0.6) is 0 Å². The van der Waals surface area contributed by atoms with Crippen LogP contribution in [0.2, 0.25) is 0 Å². The predicted octanol–water partition coefficient (Wildman–Crippen LogP) is 4.84. The second-order valence-corrected chi connectivity index (χ2v) is 4.29. The van der Waals surface area contributed by atoms with Crippen LogP contribution in [0.25, 0.3) is 5.57 Å². The summed E-state index contributed by atoms with van der Waals surface area (Å²) in [5.41, 5.74) is 6.08. The van der Waals surface area contributed by atoms with Crippen LogP contribution < -0.4 is 0 Å². The summed E-state index contributed by atoms with van der Waals surface area (Å²) in [6.07, 6.45) is 6.25. The van der Waals surface area contributed by atoms with Gasteiger partial charge in [0.15, 0.2) is 0 Å². The summed E-state index contributed by atoms with van der Waals surface area (Å²) in [4.78, 5) is 0. The van der Waals surface area contributed by atoms with Crippen LogP contribution in [0.4, 0.5) is 0 Å². The Morgan fingerprint density at radius 2 is 1.69 bits per heavy atom. The summed E-state index contributed by atoms with van der Waals surface area (Å²) in [5.74, 6) is 0. The van der Waals surface area contributed by atoms with Gasteiger partial charge in [-0.2, -0.15) is 0 Å². The fraction of sp³-hybridized carbons (Fsp3) is 0.250. The molecular weight excluding hydrogens is 192 g/mol. The zero-order valence-corrected chi connectivity index (χ0v) is 10.7. The molecule has 0 aliphatic heterocycles. The average Bonchev–Trinajstić information content (AvgIpc) is 2.16. The lowest BCUT2D eigenvalue weighted by atomic mass is 10.0. The molecule has 0 radical (unpaired) electrons. The first-order valence-electron chi connectivity index (χ1n) is 5.61. The highest BCUT2D eigenvalue weighted by molar-refractivity contribution is 5.73. The van der Waals surface area contributed by atoms with Gasteiger partial charge in [-0.25, -0.2) is 0 Å². The van der Waals surface area contributed by atoms with Crippen LogP contribution in [0.15, 0.2) is 48.6 Å². The molecule has 0 aliphatic rings. The lowest BCUT2D eigenvalue weighted by molar-refractivity contribution is 1.36. The van der Waals surface area contributed by atoms with E-state index in [-0.39, 0.29) is 0 Å². The Balaban J connectivity index is 3.01. The third-order valence-corrected chi connectivity index (χ3v) is 2.42. The van der Waals surface area contributed by atoms with Gasteiger partial charge in [0.05, 0.1) is 0 Å². The van der Waals surface area contributed by atoms with Crippen LogP contribution in [-0.4, -0.2) is 0 Å². The van der Waals surface area contributed by atoms with Crippen LogP contribution >= 0.6 is 0 Å². The maximum Gasteiger partial charge on any atom is -0.0185 e. The van der Waals surface area contributed by atoms with Crippen molar-refractivity contribution in [2.24, 2.45) is 0 Å². The highest BCUT2D eigenvalue weighted by Crippen LogP contribution is 2.19. The van der Waals surface area contributed by atoms with Gasteiger partial charge < -0.3 is 0 Å². The SMILES string of the molecule is C=C(/C=C(C)\C=C/C)c1cc(C)cc(C)c1. The van der Waals surface area contributed by atoms with Crippen molar-refractivity contribution in [3.8, 4) is 0 Å². The molecular formula is C16H20. The molecule has 84 valence electrons. The maximum atomic E-state index is 4.12. The Morgan fingerprint density at radius 3 is 2.19 bits per heavy atom. The highest BCUT2D eigenvalue weighted by atomic mass is 14.0. The van der Waals surface area contributed by atoms with E-state index in [0.717, 1.165) is 5.57 Å². The molecule has 0 N–H and O–H groups in total. The van der Waals surface area contributed by atoms with Crippen molar-refractivity contribution in [3.63, 3.8) is 0 Å². The minimum absolute atomic E-state index is 1.07. The number of hydrogen-bond donors (Lipinski definition) is 0. The van der Waals surface area contributed by atoms with Gasteiger partial charge in [-0.15, -0.1) is 0 Å². The maximum absolute atomic E-state index is 4.12. The van der Waals surface area contributed by atoms with Crippen molar-refractivity contribution in [3.05, 3.63) is 65.3 Å². The van der Waals surface area contributed by atoms with E-state index in [1.54, 1.807) is 0 Å². The molecule has 0 aliphatic carbocycles. The minimum atomic E-state index is 1.07. The van der Waals surface area contributed by atoms with Crippen molar-refractivity contribution in [1.82, 2.24) is 0 Å². The molecule has 1 aromatic rings. The van der Waals surface area contributed by atoms with Gasteiger partial charge in [0, 0.05) is 0 Å². The van der Waals surface area contributed by atoms with Crippen molar-refractivity contribution in [2.75, 3.05) is 0 Å².